The van der Waals surface area contributed by atoms with E-state index in [4.69, 9.17) is 5.11 Å². The van der Waals surface area contributed by atoms with Gasteiger partial charge in [0.2, 0.25) is 0 Å². The molecule has 0 heterocycles. The van der Waals surface area contributed by atoms with E-state index >= 15 is 0 Å². The number of rotatable bonds is 6. The minimum Gasteiger partial charge on any atom is -0.478 e. The van der Waals surface area contributed by atoms with Crippen molar-refractivity contribution in [3.05, 3.63) is 35.4 Å². The molecule has 18 heavy (non-hydrogen) atoms. The highest BCUT2D eigenvalue weighted by Gasteiger charge is 2.12. The Morgan fingerprint density at radius 2 is 1.61 bits per heavy atom. The number of aromatic carboxylic acids is 1. The van der Waals surface area contributed by atoms with Gasteiger partial charge in [-0.25, -0.2) is 4.79 Å². The van der Waals surface area contributed by atoms with Crippen molar-refractivity contribution in [2.24, 2.45) is 0 Å². The molecule has 0 aromatic heterocycles. The van der Waals surface area contributed by atoms with Crippen molar-refractivity contribution >= 4 is 5.97 Å². The maximum Gasteiger partial charge on any atom is 0.335 e. The van der Waals surface area contributed by atoms with Crippen molar-refractivity contribution in [2.45, 2.75) is 46.2 Å². The zero-order valence-corrected chi connectivity index (χ0v) is 11.7. The normalized spacial score (nSPS) is 11.5. The average molecular weight is 249 g/mol. The lowest BCUT2D eigenvalue weighted by Gasteiger charge is -2.30. The number of nitrogens with zero attached hydrogens (tertiary/aromatic N) is 1. The molecular formula is C15H23NO2. The molecule has 0 unspecified atom stereocenters. The van der Waals surface area contributed by atoms with E-state index in [1.165, 1.54) is 5.56 Å². The second-order valence-corrected chi connectivity index (χ2v) is 5.18. The van der Waals surface area contributed by atoms with Crippen molar-refractivity contribution in [3.8, 4) is 0 Å². The zero-order chi connectivity index (χ0) is 13.7. The summed E-state index contributed by atoms with van der Waals surface area (Å²) in [6, 6.07) is 8.22. The molecule has 100 valence electrons. The van der Waals surface area contributed by atoms with Gasteiger partial charge in [0.1, 0.15) is 0 Å². The standard InChI is InChI=1S/C15H23NO2/c1-11(2)16(12(3)4)10-9-13-5-7-14(8-6-13)15(17)18/h5-8,11-12H,9-10H2,1-4H3,(H,17,18). The number of benzene rings is 1. The van der Waals surface area contributed by atoms with Crippen LogP contribution in [0.5, 0.6) is 0 Å². The van der Waals surface area contributed by atoms with E-state index in [0.717, 1.165) is 13.0 Å². The van der Waals surface area contributed by atoms with E-state index in [1.807, 2.05) is 12.1 Å². The van der Waals surface area contributed by atoms with Crippen LogP contribution in [0.25, 0.3) is 0 Å². The fourth-order valence-corrected chi connectivity index (χ4v) is 2.18. The highest BCUT2D eigenvalue weighted by molar-refractivity contribution is 5.87. The molecule has 3 heteroatoms. The fourth-order valence-electron chi connectivity index (χ4n) is 2.18. The molecule has 1 aromatic carbocycles. The lowest BCUT2D eigenvalue weighted by atomic mass is 10.1. The van der Waals surface area contributed by atoms with Gasteiger partial charge in [-0.2, -0.15) is 0 Å². The van der Waals surface area contributed by atoms with E-state index in [1.54, 1.807) is 12.1 Å². The Labute approximate surface area is 109 Å². The van der Waals surface area contributed by atoms with Gasteiger partial charge < -0.3 is 5.11 Å². The second-order valence-electron chi connectivity index (χ2n) is 5.18. The predicted molar refractivity (Wildman–Crippen MR) is 74.1 cm³/mol. The molecular weight excluding hydrogens is 226 g/mol. The Morgan fingerprint density at radius 1 is 1.11 bits per heavy atom. The van der Waals surface area contributed by atoms with Crippen LogP contribution in [0.1, 0.15) is 43.6 Å². The van der Waals surface area contributed by atoms with Gasteiger partial charge in [0.25, 0.3) is 0 Å². The Balaban J connectivity index is 2.60. The van der Waals surface area contributed by atoms with Crippen LogP contribution < -0.4 is 0 Å². The average Bonchev–Trinajstić information content (AvgIpc) is 2.28. The molecule has 0 radical (unpaired) electrons. The molecule has 1 rings (SSSR count). The smallest absolute Gasteiger partial charge is 0.335 e. The summed E-state index contributed by atoms with van der Waals surface area (Å²) in [5.74, 6) is -0.868. The maximum atomic E-state index is 10.7. The molecule has 1 aromatic rings. The van der Waals surface area contributed by atoms with Crippen molar-refractivity contribution in [1.82, 2.24) is 4.90 Å². The highest BCUT2D eigenvalue weighted by Crippen LogP contribution is 2.09. The first-order chi connectivity index (χ1) is 8.41. The van der Waals surface area contributed by atoms with Crippen molar-refractivity contribution in [3.63, 3.8) is 0 Å². The third kappa shape index (κ3) is 4.15. The molecule has 0 fully saturated rings. The molecule has 0 aliphatic carbocycles. The van der Waals surface area contributed by atoms with Gasteiger partial charge in [0.05, 0.1) is 5.56 Å². The van der Waals surface area contributed by atoms with Crippen molar-refractivity contribution in [1.29, 1.82) is 0 Å². The zero-order valence-electron chi connectivity index (χ0n) is 11.7. The number of carbonyl (C=O) groups is 1. The number of carboxylic acid groups (broad SMARTS) is 1. The van der Waals surface area contributed by atoms with Crippen molar-refractivity contribution in [2.75, 3.05) is 6.54 Å². The van der Waals surface area contributed by atoms with Gasteiger partial charge in [-0.3, -0.25) is 4.90 Å². The molecule has 0 spiro atoms. The van der Waals surface area contributed by atoms with E-state index in [0.29, 0.717) is 17.6 Å². The van der Waals surface area contributed by atoms with E-state index in [9.17, 15) is 4.79 Å². The SMILES string of the molecule is CC(C)N(CCc1ccc(C(=O)O)cc1)C(C)C. The molecule has 0 saturated carbocycles. The summed E-state index contributed by atoms with van der Waals surface area (Å²) in [5, 5.41) is 8.83. The maximum absolute atomic E-state index is 10.7. The number of carboxylic acids is 1. The quantitative estimate of drug-likeness (QED) is 0.842. The summed E-state index contributed by atoms with van der Waals surface area (Å²) in [6.45, 7) is 9.81. The summed E-state index contributed by atoms with van der Waals surface area (Å²) >= 11 is 0. The second kappa shape index (κ2) is 6.55. The third-order valence-corrected chi connectivity index (χ3v) is 3.19. The van der Waals surface area contributed by atoms with Crippen LogP contribution in [0.2, 0.25) is 0 Å². The van der Waals surface area contributed by atoms with Gasteiger partial charge >= 0.3 is 5.97 Å². The van der Waals surface area contributed by atoms with Gasteiger partial charge in [-0.1, -0.05) is 12.1 Å². The van der Waals surface area contributed by atoms with Crippen LogP contribution in [0.4, 0.5) is 0 Å². The Kier molecular flexibility index (Phi) is 5.35. The summed E-state index contributed by atoms with van der Waals surface area (Å²) in [5.41, 5.74) is 1.54. The highest BCUT2D eigenvalue weighted by atomic mass is 16.4. The molecule has 3 nitrogen and oxygen atoms in total. The minimum absolute atomic E-state index is 0.350. The molecule has 0 atom stereocenters. The topological polar surface area (TPSA) is 40.5 Å². The fraction of sp³-hybridized carbons (Fsp3) is 0.533. The Hall–Kier alpha value is -1.35. The van der Waals surface area contributed by atoms with E-state index in [2.05, 4.69) is 32.6 Å². The predicted octanol–water partition coefficient (Wildman–Crippen LogP) is 3.05. The summed E-state index contributed by atoms with van der Waals surface area (Å²) in [6.07, 6.45) is 0.955. The van der Waals surface area contributed by atoms with E-state index in [-0.39, 0.29) is 0 Å². The molecule has 0 saturated heterocycles. The minimum atomic E-state index is -0.868. The van der Waals surface area contributed by atoms with Gasteiger partial charge in [0, 0.05) is 18.6 Å². The third-order valence-electron chi connectivity index (χ3n) is 3.19. The van der Waals surface area contributed by atoms with Crippen molar-refractivity contribution < 1.29 is 9.90 Å². The van der Waals surface area contributed by atoms with Crippen LogP contribution in [0, 0.1) is 0 Å². The molecule has 0 amide bonds. The number of hydrogen-bond donors (Lipinski definition) is 1. The first-order valence-electron chi connectivity index (χ1n) is 6.49. The lowest BCUT2D eigenvalue weighted by Crippen LogP contribution is -2.38. The first kappa shape index (κ1) is 14.7. The number of hydrogen-bond acceptors (Lipinski definition) is 2. The van der Waals surface area contributed by atoms with Gasteiger partial charge in [0.15, 0.2) is 0 Å². The van der Waals surface area contributed by atoms with Crippen LogP contribution in [0.3, 0.4) is 0 Å². The van der Waals surface area contributed by atoms with E-state index < -0.39 is 5.97 Å². The van der Waals surface area contributed by atoms with Crippen LogP contribution >= 0.6 is 0 Å². The lowest BCUT2D eigenvalue weighted by molar-refractivity contribution is 0.0697. The summed E-state index contributed by atoms with van der Waals surface area (Å²) in [7, 11) is 0. The van der Waals surface area contributed by atoms with Crippen LogP contribution in [-0.4, -0.2) is 34.6 Å². The van der Waals surface area contributed by atoms with Crippen LogP contribution in [-0.2, 0) is 6.42 Å². The summed E-state index contributed by atoms with van der Waals surface area (Å²) < 4.78 is 0. The molecule has 1 N–H and O–H groups in total. The molecule has 0 aliphatic heterocycles. The summed E-state index contributed by atoms with van der Waals surface area (Å²) in [4.78, 5) is 13.2. The Bertz CT molecular complexity index is 374. The van der Waals surface area contributed by atoms with Gasteiger partial charge in [-0.15, -0.1) is 0 Å². The molecule has 0 bridgehead atoms. The molecule has 0 aliphatic rings. The Morgan fingerprint density at radius 3 is 2.00 bits per heavy atom. The first-order valence-corrected chi connectivity index (χ1v) is 6.49. The van der Waals surface area contributed by atoms with Gasteiger partial charge in [-0.05, 0) is 51.8 Å². The van der Waals surface area contributed by atoms with Crippen LogP contribution in [0.15, 0.2) is 24.3 Å². The largest absolute Gasteiger partial charge is 0.478 e. The monoisotopic (exact) mass is 249 g/mol.